The molecule has 2 unspecified atom stereocenters. The van der Waals surface area contributed by atoms with Gasteiger partial charge in [-0.3, -0.25) is 0 Å². The summed E-state index contributed by atoms with van der Waals surface area (Å²) in [6.07, 6.45) is 2.64. The van der Waals surface area contributed by atoms with E-state index in [1.54, 1.807) is 7.11 Å². The molecule has 0 spiro atoms. The lowest BCUT2D eigenvalue weighted by molar-refractivity contribution is 0.101. The molecule has 2 heteroatoms. The van der Waals surface area contributed by atoms with Crippen LogP contribution in [0.15, 0.2) is 0 Å². The fourth-order valence-corrected chi connectivity index (χ4v) is 0.986. The topological polar surface area (TPSA) is 21.3 Å². The molecule has 0 aromatic carbocycles. The van der Waals surface area contributed by atoms with E-state index in [-0.39, 0.29) is 0 Å². The van der Waals surface area contributed by atoms with Crippen molar-refractivity contribution >= 4 is 0 Å². The summed E-state index contributed by atoms with van der Waals surface area (Å²) in [6, 6.07) is 0.606. The first-order valence-electron chi connectivity index (χ1n) is 3.94. The highest BCUT2D eigenvalue weighted by atomic mass is 16.5. The molecule has 0 aliphatic rings. The second-order valence-electron chi connectivity index (χ2n) is 2.68. The van der Waals surface area contributed by atoms with Crippen LogP contribution in [0.4, 0.5) is 0 Å². The van der Waals surface area contributed by atoms with Gasteiger partial charge in [0.2, 0.25) is 0 Å². The van der Waals surface area contributed by atoms with Crippen molar-refractivity contribution in [3.63, 3.8) is 0 Å². The zero-order valence-electron chi connectivity index (χ0n) is 7.48. The van der Waals surface area contributed by atoms with Crippen molar-refractivity contribution in [2.45, 2.75) is 38.8 Å². The molecule has 10 heavy (non-hydrogen) atoms. The lowest BCUT2D eigenvalue weighted by Crippen LogP contribution is -2.28. The fraction of sp³-hybridized carbons (Fsp3) is 1.00. The highest BCUT2D eigenvalue weighted by molar-refractivity contribution is 4.65. The van der Waals surface area contributed by atoms with Gasteiger partial charge in [-0.15, -0.1) is 0 Å². The molecule has 0 fully saturated rings. The zero-order chi connectivity index (χ0) is 7.98. The third-order valence-corrected chi connectivity index (χ3v) is 1.92. The van der Waals surface area contributed by atoms with Crippen LogP contribution in [0.25, 0.3) is 0 Å². The average molecular weight is 145 g/mol. The van der Waals surface area contributed by atoms with Crippen molar-refractivity contribution in [2.75, 3.05) is 14.2 Å². The van der Waals surface area contributed by atoms with Gasteiger partial charge in [0.05, 0.1) is 6.10 Å². The summed E-state index contributed by atoms with van der Waals surface area (Å²) in [6.45, 7) is 4.28. The van der Waals surface area contributed by atoms with Gasteiger partial charge >= 0.3 is 0 Å². The molecular formula is C8H19NO. The minimum atomic E-state index is 0.373. The normalized spacial score (nSPS) is 16.8. The Morgan fingerprint density at radius 3 is 2.40 bits per heavy atom. The summed E-state index contributed by atoms with van der Waals surface area (Å²) in [5.74, 6) is 0. The Bertz CT molecular complexity index is 71.7. The molecular weight excluding hydrogens is 126 g/mol. The van der Waals surface area contributed by atoms with E-state index in [1.165, 1.54) is 6.42 Å². The minimum Gasteiger partial charge on any atom is -0.382 e. The van der Waals surface area contributed by atoms with Crippen molar-refractivity contribution in [2.24, 2.45) is 0 Å². The molecule has 62 valence electrons. The highest BCUT2D eigenvalue weighted by Gasteiger charge is 2.07. The Morgan fingerprint density at radius 2 is 2.10 bits per heavy atom. The first-order chi connectivity index (χ1) is 4.74. The maximum atomic E-state index is 5.14. The van der Waals surface area contributed by atoms with Gasteiger partial charge in [-0.05, 0) is 26.8 Å². The van der Waals surface area contributed by atoms with Crippen LogP contribution in [-0.2, 0) is 4.74 Å². The van der Waals surface area contributed by atoms with Gasteiger partial charge in [0.1, 0.15) is 0 Å². The van der Waals surface area contributed by atoms with Crippen LogP contribution in [0.2, 0.25) is 0 Å². The third kappa shape index (κ3) is 3.85. The molecule has 0 aromatic heterocycles. The minimum absolute atomic E-state index is 0.373. The molecule has 0 aromatic rings. The van der Waals surface area contributed by atoms with Crippen molar-refractivity contribution in [1.82, 2.24) is 5.32 Å². The maximum absolute atomic E-state index is 5.14. The summed E-state index contributed by atoms with van der Waals surface area (Å²) < 4.78 is 5.14. The summed E-state index contributed by atoms with van der Waals surface area (Å²) in [4.78, 5) is 0. The Labute approximate surface area is 64.0 Å². The lowest BCUT2D eigenvalue weighted by Gasteiger charge is -2.17. The van der Waals surface area contributed by atoms with Gasteiger partial charge in [0.25, 0.3) is 0 Å². The number of rotatable bonds is 5. The monoisotopic (exact) mass is 145 g/mol. The standard InChI is InChI=1S/C8H19NO/c1-5-8(9-3)6-7(2)10-4/h7-9H,5-6H2,1-4H3. The van der Waals surface area contributed by atoms with E-state index in [1.807, 2.05) is 7.05 Å². The SMILES string of the molecule is CCC(CC(C)OC)NC. The second-order valence-corrected chi connectivity index (χ2v) is 2.68. The van der Waals surface area contributed by atoms with E-state index in [2.05, 4.69) is 19.2 Å². The predicted molar refractivity (Wildman–Crippen MR) is 44.2 cm³/mol. The second kappa shape index (κ2) is 5.69. The smallest absolute Gasteiger partial charge is 0.0558 e. The van der Waals surface area contributed by atoms with Crippen LogP contribution >= 0.6 is 0 Å². The number of hydrogen-bond acceptors (Lipinski definition) is 2. The van der Waals surface area contributed by atoms with Crippen molar-refractivity contribution in [1.29, 1.82) is 0 Å². The average Bonchev–Trinajstić information content (AvgIpc) is 1.99. The van der Waals surface area contributed by atoms with Gasteiger partial charge in [-0.1, -0.05) is 6.92 Å². The molecule has 0 aliphatic heterocycles. The van der Waals surface area contributed by atoms with Crippen LogP contribution in [0.1, 0.15) is 26.7 Å². The Kier molecular flexibility index (Phi) is 5.64. The van der Waals surface area contributed by atoms with E-state index in [0.29, 0.717) is 12.1 Å². The Balaban J connectivity index is 3.41. The van der Waals surface area contributed by atoms with Crippen LogP contribution in [0, 0.1) is 0 Å². The van der Waals surface area contributed by atoms with Crippen LogP contribution in [0.3, 0.4) is 0 Å². The largest absolute Gasteiger partial charge is 0.382 e. The van der Waals surface area contributed by atoms with Crippen LogP contribution in [0.5, 0.6) is 0 Å². The maximum Gasteiger partial charge on any atom is 0.0558 e. The zero-order valence-corrected chi connectivity index (χ0v) is 7.48. The van der Waals surface area contributed by atoms with Gasteiger partial charge in [0.15, 0.2) is 0 Å². The van der Waals surface area contributed by atoms with Crippen LogP contribution in [-0.4, -0.2) is 26.3 Å². The first kappa shape index (κ1) is 9.92. The molecule has 2 atom stereocenters. The van der Waals surface area contributed by atoms with Gasteiger partial charge in [-0.2, -0.15) is 0 Å². The van der Waals surface area contributed by atoms with Crippen molar-refractivity contribution in [3.05, 3.63) is 0 Å². The van der Waals surface area contributed by atoms with E-state index in [9.17, 15) is 0 Å². The van der Waals surface area contributed by atoms with Gasteiger partial charge in [0, 0.05) is 13.2 Å². The van der Waals surface area contributed by atoms with Crippen molar-refractivity contribution in [3.8, 4) is 0 Å². The van der Waals surface area contributed by atoms with E-state index >= 15 is 0 Å². The summed E-state index contributed by atoms with van der Waals surface area (Å²) >= 11 is 0. The molecule has 1 N–H and O–H groups in total. The molecule has 0 radical (unpaired) electrons. The van der Waals surface area contributed by atoms with Gasteiger partial charge in [-0.25, -0.2) is 0 Å². The number of hydrogen-bond donors (Lipinski definition) is 1. The Morgan fingerprint density at radius 1 is 1.50 bits per heavy atom. The van der Waals surface area contributed by atoms with E-state index in [0.717, 1.165) is 6.42 Å². The summed E-state index contributed by atoms with van der Waals surface area (Å²) in [5.41, 5.74) is 0. The van der Waals surface area contributed by atoms with Gasteiger partial charge < -0.3 is 10.1 Å². The van der Waals surface area contributed by atoms with E-state index < -0.39 is 0 Å². The Hall–Kier alpha value is -0.0800. The number of nitrogens with one attached hydrogen (secondary N) is 1. The molecule has 0 amide bonds. The fourth-order valence-electron chi connectivity index (χ4n) is 0.986. The summed E-state index contributed by atoms with van der Waals surface area (Å²) in [7, 11) is 3.75. The number of methoxy groups -OCH3 is 1. The molecule has 0 saturated heterocycles. The quantitative estimate of drug-likeness (QED) is 0.631. The third-order valence-electron chi connectivity index (χ3n) is 1.92. The molecule has 2 nitrogen and oxygen atoms in total. The molecule has 0 heterocycles. The first-order valence-corrected chi connectivity index (χ1v) is 3.94. The highest BCUT2D eigenvalue weighted by Crippen LogP contribution is 2.03. The van der Waals surface area contributed by atoms with E-state index in [4.69, 9.17) is 4.74 Å². The van der Waals surface area contributed by atoms with Crippen LogP contribution < -0.4 is 5.32 Å². The summed E-state index contributed by atoms with van der Waals surface area (Å²) in [5, 5.41) is 3.24. The predicted octanol–water partition coefficient (Wildman–Crippen LogP) is 1.41. The van der Waals surface area contributed by atoms with Crippen molar-refractivity contribution < 1.29 is 4.74 Å². The molecule has 0 bridgehead atoms. The molecule has 0 saturated carbocycles. The lowest BCUT2D eigenvalue weighted by atomic mass is 10.1. The molecule has 0 aliphatic carbocycles. The number of ether oxygens (including phenoxy) is 1. The molecule has 0 rings (SSSR count).